The van der Waals surface area contributed by atoms with Gasteiger partial charge in [0.1, 0.15) is 6.04 Å². The van der Waals surface area contributed by atoms with E-state index in [1.54, 1.807) is 29.2 Å². The highest BCUT2D eigenvalue weighted by Crippen LogP contribution is 2.23. The van der Waals surface area contributed by atoms with Gasteiger partial charge in [0.05, 0.1) is 11.9 Å². The Kier molecular flexibility index (Phi) is 10.4. The topological polar surface area (TPSA) is 86.8 Å². The molecule has 9 heteroatoms. The highest BCUT2D eigenvalue weighted by atomic mass is 35.5. The third-order valence-electron chi connectivity index (χ3n) is 5.57. The van der Waals surface area contributed by atoms with E-state index in [4.69, 9.17) is 11.6 Å². The summed E-state index contributed by atoms with van der Waals surface area (Å²) in [6, 6.07) is 13.8. The molecule has 0 aliphatic heterocycles. The molecule has 2 aromatic rings. The number of nitrogens with one attached hydrogen (secondary N) is 1. The van der Waals surface area contributed by atoms with Crippen molar-refractivity contribution in [1.29, 1.82) is 0 Å². The van der Waals surface area contributed by atoms with Crippen LogP contribution in [0.25, 0.3) is 0 Å². The molecule has 0 heterocycles. The number of carbonyl (C=O) groups excluding carboxylic acids is 2. The Hall–Kier alpha value is -2.58. The van der Waals surface area contributed by atoms with Crippen LogP contribution in [0.1, 0.15) is 58.1 Å². The van der Waals surface area contributed by atoms with Crippen LogP contribution in [0.3, 0.4) is 0 Å². The SMILES string of the molecule is CC[C@@H](C(=O)NC(C)(C)C)N(Cc1cccc(C)c1)C(=O)CCCN(c1cccc(Cl)c1)S(C)(=O)=O. The van der Waals surface area contributed by atoms with Crippen LogP contribution in [0.2, 0.25) is 5.02 Å². The summed E-state index contributed by atoms with van der Waals surface area (Å²) in [5.41, 5.74) is 2.01. The summed E-state index contributed by atoms with van der Waals surface area (Å²) in [6.07, 6.45) is 1.97. The second kappa shape index (κ2) is 12.6. The van der Waals surface area contributed by atoms with E-state index < -0.39 is 21.6 Å². The van der Waals surface area contributed by atoms with Crippen LogP contribution in [0.15, 0.2) is 48.5 Å². The first-order chi connectivity index (χ1) is 16.7. The van der Waals surface area contributed by atoms with Crippen LogP contribution >= 0.6 is 11.6 Å². The summed E-state index contributed by atoms with van der Waals surface area (Å²) in [6.45, 7) is 9.98. The Morgan fingerprint density at radius 3 is 2.31 bits per heavy atom. The van der Waals surface area contributed by atoms with E-state index in [0.717, 1.165) is 17.4 Å². The first kappa shape index (κ1) is 29.6. The van der Waals surface area contributed by atoms with E-state index in [1.807, 2.05) is 58.9 Å². The average Bonchev–Trinajstić information content (AvgIpc) is 2.74. The van der Waals surface area contributed by atoms with Gasteiger partial charge in [-0.15, -0.1) is 0 Å². The lowest BCUT2D eigenvalue weighted by Gasteiger charge is -2.33. The van der Waals surface area contributed by atoms with Crippen molar-refractivity contribution in [2.24, 2.45) is 0 Å². The van der Waals surface area contributed by atoms with Crippen molar-refractivity contribution >= 4 is 39.1 Å². The Bertz CT molecular complexity index is 1160. The van der Waals surface area contributed by atoms with Crippen molar-refractivity contribution in [1.82, 2.24) is 10.2 Å². The predicted octanol–water partition coefficient (Wildman–Crippen LogP) is 4.92. The van der Waals surface area contributed by atoms with E-state index in [0.29, 0.717) is 30.1 Å². The maximum Gasteiger partial charge on any atom is 0.243 e. The molecule has 0 unspecified atom stereocenters. The number of aryl methyl sites for hydroxylation is 1. The minimum Gasteiger partial charge on any atom is -0.350 e. The summed E-state index contributed by atoms with van der Waals surface area (Å²) in [5.74, 6) is -0.408. The van der Waals surface area contributed by atoms with E-state index in [2.05, 4.69) is 5.32 Å². The lowest BCUT2D eigenvalue weighted by molar-refractivity contribution is -0.142. The van der Waals surface area contributed by atoms with Gasteiger partial charge in [-0.3, -0.25) is 13.9 Å². The molecule has 2 aromatic carbocycles. The number of benzene rings is 2. The van der Waals surface area contributed by atoms with Gasteiger partial charge < -0.3 is 10.2 Å². The highest BCUT2D eigenvalue weighted by molar-refractivity contribution is 7.92. The fourth-order valence-corrected chi connectivity index (χ4v) is 5.16. The summed E-state index contributed by atoms with van der Waals surface area (Å²) >= 11 is 6.06. The number of nitrogens with zero attached hydrogens (tertiary/aromatic N) is 2. The molecule has 1 atom stereocenters. The zero-order valence-electron chi connectivity index (χ0n) is 22.0. The van der Waals surface area contributed by atoms with Crippen molar-refractivity contribution in [2.45, 2.75) is 72.0 Å². The fraction of sp³-hybridized carbons (Fsp3) is 0.481. The number of halogens is 1. The molecule has 0 saturated heterocycles. The smallest absolute Gasteiger partial charge is 0.243 e. The minimum absolute atomic E-state index is 0.0949. The molecule has 0 aliphatic carbocycles. The number of anilines is 1. The number of hydrogen-bond acceptors (Lipinski definition) is 4. The van der Waals surface area contributed by atoms with Crippen LogP contribution in [0, 0.1) is 6.92 Å². The van der Waals surface area contributed by atoms with E-state index in [-0.39, 0.29) is 24.8 Å². The maximum atomic E-state index is 13.5. The van der Waals surface area contributed by atoms with Gasteiger partial charge >= 0.3 is 0 Å². The van der Waals surface area contributed by atoms with Gasteiger partial charge in [0.25, 0.3) is 0 Å². The molecule has 0 aromatic heterocycles. The van der Waals surface area contributed by atoms with Crippen molar-refractivity contribution in [2.75, 3.05) is 17.1 Å². The molecular formula is C27H38ClN3O4S. The number of hydrogen-bond donors (Lipinski definition) is 1. The van der Waals surface area contributed by atoms with Crippen LogP contribution in [0.5, 0.6) is 0 Å². The van der Waals surface area contributed by atoms with Gasteiger partial charge in [0, 0.05) is 30.1 Å². The molecule has 0 bridgehead atoms. The zero-order valence-corrected chi connectivity index (χ0v) is 23.6. The first-order valence-corrected chi connectivity index (χ1v) is 14.3. The lowest BCUT2D eigenvalue weighted by Crippen LogP contribution is -2.53. The normalized spacial score (nSPS) is 12.6. The molecule has 0 saturated carbocycles. The summed E-state index contributed by atoms with van der Waals surface area (Å²) in [7, 11) is -3.58. The summed E-state index contributed by atoms with van der Waals surface area (Å²) in [5, 5.41) is 3.42. The van der Waals surface area contributed by atoms with Gasteiger partial charge in [0.15, 0.2) is 0 Å². The van der Waals surface area contributed by atoms with Gasteiger partial charge in [-0.1, -0.05) is 54.4 Å². The van der Waals surface area contributed by atoms with Crippen LogP contribution in [0.4, 0.5) is 5.69 Å². The Labute approximate surface area is 220 Å². The van der Waals surface area contributed by atoms with Crippen molar-refractivity contribution in [3.05, 3.63) is 64.7 Å². The third-order valence-corrected chi connectivity index (χ3v) is 7.00. The molecule has 0 radical (unpaired) electrons. The standard InChI is InChI=1S/C27H38ClN3O4S/c1-7-24(26(33)29-27(3,4)5)30(19-21-12-8-11-20(2)17-21)25(32)15-10-16-31(36(6,34)35)23-14-9-13-22(28)18-23/h8-9,11-14,17-18,24H,7,10,15-16,19H2,1-6H3,(H,29,33)/t24-/m0/s1. The van der Waals surface area contributed by atoms with Gasteiger partial charge in [-0.05, 0) is 64.3 Å². The second-order valence-electron chi connectivity index (χ2n) is 10.1. The number of amides is 2. The number of sulfonamides is 1. The molecule has 0 aliphatic rings. The molecule has 2 rings (SSSR count). The molecule has 36 heavy (non-hydrogen) atoms. The van der Waals surface area contributed by atoms with Crippen LogP contribution in [-0.4, -0.2) is 49.5 Å². The fourth-order valence-electron chi connectivity index (χ4n) is 4.01. The van der Waals surface area contributed by atoms with Crippen LogP contribution in [-0.2, 0) is 26.2 Å². The van der Waals surface area contributed by atoms with Gasteiger partial charge in [0.2, 0.25) is 21.8 Å². The molecule has 2 amide bonds. The summed E-state index contributed by atoms with van der Waals surface area (Å²) < 4.78 is 26.1. The molecule has 1 N–H and O–H groups in total. The average molecular weight is 536 g/mol. The highest BCUT2D eigenvalue weighted by Gasteiger charge is 2.30. The maximum absolute atomic E-state index is 13.5. The largest absolute Gasteiger partial charge is 0.350 e. The summed E-state index contributed by atoms with van der Waals surface area (Å²) in [4.78, 5) is 28.2. The van der Waals surface area contributed by atoms with E-state index in [1.165, 1.54) is 4.31 Å². The molecule has 7 nitrogen and oxygen atoms in total. The second-order valence-corrected chi connectivity index (χ2v) is 12.4. The third kappa shape index (κ3) is 9.13. The monoisotopic (exact) mass is 535 g/mol. The van der Waals surface area contributed by atoms with E-state index >= 15 is 0 Å². The molecule has 0 spiro atoms. The minimum atomic E-state index is -3.58. The zero-order chi connectivity index (χ0) is 27.1. The molecule has 198 valence electrons. The van der Waals surface area contributed by atoms with Crippen molar-refractivity contribution in [3.8, 4) is 0 Å². The Morgan fingerprint density at radius 1 is 1.08 bits per heavy atom. The van der Waals surface area contributed by atoms with Crippen LogP contribution < -0.4 is 9.62 Å². The molecule has 0 fully saturated rings. The number of carbonyl (C=O) groups is 2. The van der Waals surface area contributed by atoms with Crippen molar-refractivity contribution < 1.29 is 18.0 Å². The van der Waals surface area contributed by atoms with Gasteiger partial charge in [-0.2, -0.15) is 0 Å². The molecular weight excluding hydrogens is 498 g/mol. The predicted molar refractivity (Wildman–Crippen MR) is 147 cm³/mol. The number of rotatable bonds is 11. The van der Waals surface area contributed by atoms with E-state index in [9.17, 15) is 18.0 Å². The Morgan fingerprint density at radius 2 is 1.75 bits per heavy atom. The quantitative estimate of drug-likeness (QED) is 0.442. The van der Waals surface area contributed by atoms with Gasteiger partial charge in [-0.25, -0.2) is 8.42 Å². The van der Waals surface area contributed by atoms with Crippen molar-refractivity contribution in [3.63, 3.8) is 0 Å². The Balaban J connectivity index is 2.24. The lowest BCUT2D eigenvalue weighted by atomic mass is 10.0. The first-order valence-electron chi connectivity index (χ1n) is 12.1.